The van der Waals surface area contributed by atoms with Gasteiger partial charge in [-0.05, 0) is 51.1 Å². The first kappa shape index (κ1) is 19.7. The quantitative estimate of drug-likeness (QED) is 0.710. The summed E-state index contributed by atoms with van der Waals surface area (Å²) in [6, 6.07) is 7.78. The van der Waals surface area contributed by atoms with Crippen molar-refractivity contribution in [1.29, 1.82) is 0 Å². The van der Waals surface area contributed by atoms with Gasteiger partial charge in [0.15, 0.2) is 5.65 Å². The number of pyridine rings is 1. The molecular formula is C19H19F3N4O2. The van der Waals surface area contributed by atoms with E-state index in [1.54, 1.807) is 24.3 Å². The Morgan fingerprint density at radius 3 is 2.50 bits per heavy atom. The van der Waals surface area contributed by atoms with Crippen molar-refractivity contribution in [3.63, 3.8) is 0 Å². The van der Waals surface area contributed by atoms with Crippen LogP contribution in [0.1, 0.15) is 23.9 Å². The Morgan fingerprint density at radius 1 is 1.21 bits per heavy atom. The van der Waals surface area contributed by atoms with Crippen LogP contribution in [0.4, 0.5) is 18.9 Å². The van der Waals surface area contributed by atoms with E-state index < -0.39 is 17.6 Å². The van der Waals surface area contributed by atoms with Crippen LogP contribution in [0, 0.1) is 13.8 Å². The van der Waals surface area contributed by atoms with E-state index in [1.165, 1.54) is 18.5 Å². The Bertz CT molecular complexity index is 1010. The molecule has 0 radical (unpaired) electrons. The second-order valence-electron chi connectivity index (χ2n) is 6.26. The van der Waals surface area contributed by atoms with Gasteiger partial charge in [0.05, 0.1) is 23.3 Å². The van der Waals surface area contributed by atoms with Crippen molar-refractivity contribution in [3.8, 4) is 5.75 Å². The van der Waals surface area contributed by atoms with Crippen molar-refractivity contribution in [2.75, 3.05) is 11.9 Å². The van der Waals surface area contributed by atoms with Gasteiger partial charge >= 0.3 is 6.18 Å². The Labute approximate surface area is 159 Å². The standard InChI is InChI=1S/C19H19F3N4O2/c1-4-28-14-7-5-13(6-8-14)24-16(27)10-26-18-17(12(3)25-26)15(19(20,21)22)9-11(2)23-18/h5-9H,4,10H2,1-3H3,(H,24,27). The predicted molar refractivity (Wildman–Crippen MR) is 98.2 cm³/mol. The molecule has 1 aromatic carbocycles. The highest BCUT2D eigenvalue weighted by Crippen LogP contribution is 2.36. The van der Waals surface area contributed by atoms with Crippen LogP contribution in [-0.4, -0.2) is 27.3 Å². The summed E-state index contributed by atoms with van der Waals surface area (Å²) in [6.07, 6.45) is -4.53. The molecule has 1 amide bonds. The molecule has 2 heterocycles. The highest BCUT2D eigenvalue weighted by molar-refractivity contribution is 5.92. The number of rotatable bonds is 5. The number of hydrogen-bond acceptors (Lipinski definition) is 4. The zero-order valence-corrected chi connectivity index (χ0v) is 15.6. The van der Waals surface area contributed by atoms with Crippen LogP contribution in [-0.2, 0) is 17.5 Å². The lowest BCUT2D eigenvalue weighted by molar-refractivity contribution is -0.136. The molecule has 2 aromatic heterocycles. The molecule has 0 atom stereocenters. The van der Waals surface area contributed by atoms with Crippen molar-refractivity contribution in [1.82, 2.24) is 14.8 Å². The normalized spacial score (nSPS) is 11.6. The summed E-state index contributed by atoms with van der Waals surface area (Å²) in [5.74, 6) is 0.249. The summed E-state index contributed by atoms with van der Waals surface area (Å²) in [4.78, 5) is 16.5. The number of amides is 1. The molecule has 1 N–H and O–H groups in total. The minimum atomic E-state index is -4.53. The SMILES string of the molecule is CCOc1ccc(NC(=O)Cn2nc(C)c3c(C(F)(F)F)cc(C)nc32)cc1. The molecule has 3 rings (SSSR count). The van der Waals surface area contributed by atoms with Crippen LogP contribution >= 0.6 is 0 Å². The fourth-order valence-electron chi connectivity index (χ4n) is 2.95. The number of alkyl halides is 3. The Kier molecular flexibility index (Phi) is 5.26. The molecule has 28 heavy (non-hydrogen) atoms. The van der Waals surface area contributed by atoms with Crippen molar-refractivity contribution in [2.24, 2.45) is 0 Å². The van der Waals surface area contributed by atoms with Gasteiger partial charge in [-0.1, -0.05) is 0 Å². The molecule has 0 spiro atoms. The average molecular weight is 392 g/mol. The second-order valence-corrected chi connectivity index (χ2v) is 6.26. The van der Waals surface area contributed by atoms with E-state index in [1.807, 2.05) is 6.92 Å². The Morgan fingerprint density at radius 2 is 1.89 bits per heavy atom. The molecule has 6 nitrogen and oxygen atoms in total. The third kappa shape index (κ3) is 4.08. The van der Waals surface area contributed by atoms with Crippen LogP contribution in [0.5, 0.6) is 5.75 Å². The average Bonchev–Trinajstić information content (AvgIpc) is 2.90. The van der Waals surface area contributed by atoms with Gasteiger partial charge in [0.2, 0.25) is 5.91 Å². The van der Waals surface area contributed by atoms with Crippen molar-refractivity contribution >= 4 is 22.6 Å². The number of nitrogens with one attached hydrogen (secondary N) is 1. The molecule has 0 aliphatic rings. The Hall–Kier alpha value is -3.10. The van der Waals surface area contributed by atoms with Gasteiger partial charge in [-0.3, -0.25) is 4.79 Å². The molecule has 0 saturated carbocycles. The van der Waals surface area contributed by atoms with Crippen molar-refractivity contribution in [2.45, 2.75) is 33.5 Å². The summed E-state index contributed by atoms with van der Waals surface area (Å²) in [5.41, 5.74) is 0.149. The first-order valence-electron chi connectivity index (χ1n) is 8.63. The monoisotopic (exact) mass is 392 g/mol. The lowest BCUT2D eigenvalue weighted by Crippen LogP contribution is -2.20. The molecule has 0 aliphatic carbocycles. The lowest BCUT2D eigenvalue weighted by Gasteiger charge is -2.10. The van der Waals surface area contributed by atoms with Crippen molar-refractivity contribution in [3.05, 3.63) is 47.3 Å². The smallest absolute Gasteiger partial charge is 0.417 e. The Balaban J connectivity index is 1.86. The molecule has 0 unspecified atom stereocenters. The van der Waals surface area contributed by atoms with Crippen molar-refractivity contribution < 1.29 is 22.7 Å². The second kappa shape index (κ2) is 7.49. The van der Waals surface area contributed by atoms with E-state index in [4.69, 9.17) is 4.74 Å². The number of anilines is 1. The first-order chi connectivity index (χ1) is 13.2. The fraction of sp³-hybridized carbons (Fsp3) is 0.316. The number of halogens is 3. The zero-order chi connectivity index (χ0) is 20.5. The molecule has 0 saturated heterocycles. The van der Waals surface area contributed by atoms with E-state index in [2.05, 4.69) is 15.4 Å². The number of ether oxygens (including phenoxy) is 1. The van der Waals surface area contributed by atoms with Gasteiger partial charge in [0.1, 0.15) is 12.3 Å². The number of nitrogens with zero attached hydrogens (tertiary/aromatic N) is 3. The highest BCUT2D eigenvalue weighted by atomic mass is 19.4. The van der Waals surface area contributed by atoms with Crippen LogP contribution in [0.2, 0.25) is 0 Å². The summed E-state index contributed by atoms with van der Waals surface area (Å²) < 4.78 is 46.6. The van der Waals surface area contributed by atoms with E-state index in [9.17, 15) is 18.0 Å². The fourth-order valence-corrected chi connectivity index (χ4v) is 2.95. The molecule has 3 aromatic rings. The van der Waals surface area contributed by atoms with Crippen LogP contribution in [0.15, 0.2) is 30.3 Å². The van der Waals surface area contributed by atoms with Gasteiger partial charge in [0.25, 0.3) is 0 Å². The number of carbonyl (C=O) groups excluding carboxylic acids is 1. The van der Waals surface area contributed by atoms with E-state index in [0.29, 0.717) is 18.0 Å². The number of aryl methyl sites for hydroxylation is 2. The largest absolute Gasteiger partial charge is 0.494 e. The maximum atomic E-state index is 13.4. The number of fused-ring (bicyclic) bond motifs is 1. The van der Waals surface area contributed by atoms with E-state index >= 15 is 0 Å². The summed E-state index contributed by atoms with van der Waals surface area (Å²) in [6.45, 7) is 5.08. The molecule has 0 fully saturated rings. The number of hydrogen-bond donors (Lipinski definition) is 1. The minimum Gasteiger partial charge on any atom is -0.494 e. The topological polar surface area (TPSA) is 69.0 Å². The van der Waals surface area contributed by atoms with Crippen LogP contribution < -0.4 is 10.1 Å². The minimum absolute atomic E-state index is 0.0340. The van der Waals surface area contributed by atoms with Crippen LogP contribution in [0.25, 0.3) is 11.0 Å². The van der Waals surface area contributed by atoms with Gasteiger partial charge in [-0.25, -0.2) is 9.67 Å². The molecule has 148 valence electrons. The highest BCUT2D eigenvalue weighted by Gasteiger charge is 2.35. The third-order valence-corrected chi connectivity index (χ3v) is 4.05. The molecular weight excluding hydrogens is 373 g/mol. The maximum Gasteiger partial charge on any atom is 0.417 e. The van der Waals surface area contributed by atoms with E-state index in [0.717, 1.165) is 6.07 Å². The summed E-state index contributed by atoms with van der Waals surface area (Å²) in [5, 5.41) is 6.70. The summed E-state index contributed by atoms with van der Waals surface area (Å²) >= 11 is 0. The molecule has 0 aliphatic heterocycles. The number of carbonyl (C=O) groups is 1. The summed E-state index contributed by atoms with van der Waals surface area (Å²) in [7, 11) is 0. The van der Waals surface area contributed by atoms with Gasteiger partial charge in [-0.2, -0.15) is 18.3 Å². The number of aromatic nitrogens is 3. The van der Waals surface area contributed by atoms with Gasteiger partial charge in [-0.15, -0.1) is 0 Å². The maximum absolute atomic E-state index is 13.4. The molecule has 9 heteroatoms. The van der Waals surface area contributed by atoms with Gasteiger partial charge < -0.3 is 10.1 Å². The van der Waals surface area contributed by atoms with Gasteiger partial charge in [0, 0.05) is 11.4 Å². The van der Waals surface area contributed by atoms with E-state index in [-0.39, 0.29) is 29.0 Å². The predicted octanol–water partition coefficient (Wildman–Crippen LogP) is 4.10. The zero-order valence-electron chi connectivity index (χ0n) is 15.6. The van der Waals surface area contributed by atoms with Crippen LogP contribution in [0.3, 0.4) is 0 Å². The third-order valence-electron chi connectivity index (χ3n) is 4.05. The molecule has 0 bridgehead atoms. The lowest BCUT2D eigenvalue weighted by atomic mass is 10.1. The first-order valence-corrected chi connectivity index (χ1v) is 8.63. The number of benzene rings is 1.